The normalized spacial score (nSPS) is 40.6. The van der Waals surface area contributed by atoms with E-state index >= 15 is 0 Å². The minimum atomic E-state index is -2.07. The van der Waals surface area contributed by atoms with Crippen molar-refractivity contribution in [1.82, 2.24) is 0 Å². The van der Waals surface area contributed by atoms with E-state index in [1.54, 1.807) is 0 Å². The van der Waals surface area contributed by atoms with E-state index in [2.05, 4.69) is 48.5 Å². The van der Waals surface area contributed by atoms with Crippen LogP contribution in [0.25, 0.3) is 0 Å². The highest BCUT2D eigenvalue weighted by molar-refractivity contribution is 6.73. The lowest BCUT2D eigenvalue weighted by molar-refractivity contribution is -0.241. The fourth-order valence-corrected chi connectivity index (χ4v) is 13.2. The van der Waals surface area contributed by atoms with Crippen LogP contribution in [0.5, 0.6) is 0 Å². The lowest BCUT2D eigenvalue weighted by atomic mass is 9.46. The molecule has 262 valence electrons. The number of fused-ring (bicyclic) bond motifs is 6. The minimum absolute atomic E-state index is 0.115. The van der Waals surface area contributed by atoms with Crippen LogP contribution in [0.3, 0.4) is 0 Å². The second-order valence-corrected chi connectivity index (χ2v) is 21.0. The van der Waals surface area contributed by atoms with Crippen molar-refractivity contribution >= 4 is 14.3 Å². The lowest BCUT2D eigenvalue weighted by Gasteiger charge is -2.63. The Bertz CT molecular complexity index is 1360. The summed E-state index contributed by atoms with van der Waals surface area (Å²) in [5.41, 5.74) is -0.134. The van der Waals surface area contributed by atoms with Gasteiger partial charge in [-0.2, -0.15) is 0 Å². The maximum atomic E-state index is 12.9. The molecule has 1 aromatic rings. The molecule has 0 aromatic heterocycles. The monoisotopic (exact) mass is 670 g/mol. The van der Waals surface area contributed by atoms with Gasteiger partial charge in [-0.05, 0) is 69.3 Å². The Hall–Kier alpha value is -1.59. The summed E-state index contributed by atoms with van der Waals surface area (Å²) in [5.74, 6) is -1.75. The highest BCUT2D eigenvalue weighted by Gasteiger charge is 2.75. The van der Waals surface area contributed by atoms with Gasteiger partial charge in [0, 0.05) is 35.7 Å². The van der Waals surface area contributed by atoms with Gasteiger partial charge in [0.05, 0.1) is 18.3 Å². The molecule has 47 heavy (non-hydrogen) atoms. The van der Waals surface area contributed by atoms with Crippen molar-refractivity contribution in [3.8, 4) is 0 Å². The van der Waals surface area contributed by atoms with Gasteiger partial charge in [-0.1, -0.05) is 71.9 Å². The molecule has 4 fully saturated rings. The van der Waals surface area contributed by atoms with Crippen molar-refractivity contribution in [2.45, 2.75) is 161 Å². The van der Waals surface area contributed by atoms with Crippen LogP contribution >= 0.6 is 0 Å². The molecule has 3 aliphatic carbocycles. The van der Waals surface area contributed by atoms with Crippen molar-refractivity contribution in [2.75, 3.05) is 6.61 Å². The van der Waals surface area contributed by atoms with Crippen LogP contribution in [0, 0.1) is 16.7 Å². The molecule has 8 nitrogen and oxygen atoms in total. The molecule has 1 aromatic carbocycles. The van der Waals surface area contributed by atoms with Gasteiger partial charge in [-0.3, -0.25) is 4.79 Å². The molecule has 2 aliphatic heterocycles. The second kappa shape index (κ2) is 12.0. The van der Waals surface area contributed by atoms with E-state index in [-0.39, 0.29) is 24.9 Å². The third-order valence-electron chi connectivity index (χ3n) is 13.0. The van der Waals surface area contributed by atoms with Gasteiger partial charge in [0.2, 0.25) is 0 Å². The van der Waals surface area contributed by atoms with Crippen molar-refractivity contribution in [1.29, 1.82) is 0 Å². The smallest absolute Gasteiger partial charge is 0.302 e. The largest absolute Gasteiger partial charge is 0.463 e. The first-order valence-corrected chi connectivity index (χ1v) is 20.5. The van der Waals surface area contributed by atoms with Gasteiger partial charge in [-0.15, -0.1) is 0 Å². The third kappa shape index (κ3) is 5.42. The zero-order chi connectivity index (χ0) is 34.2. The van der Waals surface area contributed by atoms with Gasteiger partial charge in [-0.25, -0.2) is 0 Å². The van der Waals surface area contributed by atoms with E-state index in [1.165, 1.54) is 18.1 Å². The summed E-state index contributed by atoms with van der Waals surface area (Å²) in [7, 11) is -2.07. The molecule has 2 saturated carbocycles. The number of esters is 1. The van der Waals surface area contributed by atoms with Crippen molar-refractivity contribution in [3.63, 3.8) is 0 Å². The van der Waals surface area contributed by atoms with Crippen LogP contribution in [0.1, 0.15) is 107 Å². The molecular weight excluding hydrogens is 612 g/mol. The average Bonchev–Trinajstić information content (AvgIpc) is 3.56. The first-order chi connectivity index (χ1) is 22.0. The molecule has 1 spiro atoms. The van der Waals surface area contributed by atoms with Crippen LogP contribution in [0.4, 0.5) is 0 Å². The predicted octanol–water partition coefficient (Wildman–Crippen LogP) is 7.61. The van der Waals surface area contributed by atoms with E-state index in [4.69, 9.17) is 28.1 Å². The van der Waals surface area contributed by atoms with Gasteiger partial charge in [0.15, 0.2) is 20.4 Å². The molecule has 0 amide bonds. The SMILES string of the molecule is CC[Si](CC)(CC)O[C@H]1C[C@@]23O[C@@H](c4ccccc4)O[C@H]2[C@@H]2[C@](O)(COC(C)=O)CCC[C@@]2(C)[C@H]2OC(C)(C)O[C@@H]2C(=C1C)C3(C)C. The number of carbonyl (C=O) groups is 1. The Labute approximate surface area is 283 Å². The molecule has 9 heteroatoms. The molecule has 2 bridgehead atoms. The molecule has 9 atom stereocenters. The van der Waals surface area contributed by atoms with E-state index in [0.29, 0.717) is 12.8 Å². The fourth-order valence-electron chi connectivity index (χ4n) is 10.4. The number of carbonyl (C=O) groups excluding carboxylic acids is 1. The molecule has 2 heterocycles. The topological polar surface area (TPSA) is 92.7 Å². The highest BCUT2D eigenvalue weighted by atomic mass is 28.4. The maximum Gasteiger partial charge on any atom is 0.302 e. The van der Waals surface area contributed by atoms with Crippen LogP contribution in [-0.2, 0) is 32.9 Å². The molecule has 6 rings (SSSR count). The van der Waals surface area contributed by atoms with Gasteiger partial charge < -0.3 is 33.2 Å². The summed E-state index contributed by atoms with van der Waals surface area (Å²) in [6, 6.07) is 13.2. The number of aliphatic hydroxyl groups is 1. The molecule has 2 saturated heterocycles. The molecule has 0 radical (unpaired) electrons. The molecule has 1 N–H and O–H groups in total. The Balaban J connectivity index is 1.63. The fraction of sp³-hybridized carbons (Fsp3) is 0.763. The van der Waals surface area contributed by atoms with Crippen molar-refractivity contribution in [3.05, 3.63) is 47.0 Å². The first-order valence-electron chi connectivity index (χ1n) is 18.0. The quantitative estimate of drug-likeness (QED) is 0.172. The summed E-state index contributed by atoms with van der Waals surface area (Å²) in [4.78, 5) is 12.2. The Kier molecular flexibility index (Phi) is 9.02. The molecular formula is C38H58O8Si. The third-order valence-corrected chi connectivity index (χ3v) is 17.7. The summed E-state index contributed by atoms with van der Waals surface area (Å²) < 4.78 is 41.7. The van der Waals surface area contributed by atoms with E-state index in [9.17, 15) is 9.90 Å². The summed E-state index contributed by atoms with van der Waals surface area (Å²) in [6.45, 7) is 21.0. The Morgan fingerprint density at radius 3 is 2.23 bits per heavy atom. The van der Waals surface area contributed by atoms with E-state index in [1.807, 2.05) is 44.2 Å². The molecule has 0 unspecified atom stereocenters. The Morgan fingerprint density at radius 1 is 0.957 bits per heavy atom. The number of hydrogen-bond donors (Lipinski definition) is 1. The van der Waals surface area contributed by atoms with Crippen LogP contribution in [0.2, 0.25) is 18.1 Å². The van der Waals surface area contributed by atoms with Gasteiger partial charge >= 0.3 is 5.97 Å². The summed E-state index contributed by atoms with van der Waals surface area (Å²) in [6.07, 6.45) is 0.466. The number of rotatable bonds is 8. The highest BCUT2D eigenvalue weighted by Crippen LogP contribution is 2.69. The zero-order valence-corrected chi connectivity index (χ0v) is 31.3. The lowest BCUT2D eigenvalue weighted by Crippen LogP contribution is -2.72. The van der Waals surface area contributed by atoms with Gasteiger partial charge in [0.25, 0.3) is 0 Å². The van der Waals surface area contributed by atoms with Crippen molar-refractivity contribution in [2.24, 2.45) is 16.7 Å². The zero-order valence-electron chi connectivity index (χ0n) is 30.3. The predicted molar refractivity (Wildman–Crippen MR) is 182 cm³/mol. The number of ether oxygens (including phenoxy) is 5. The van der Waals surface area contributed by atoms with E-state index in [0.717, 1.165) is 36.5 Å². The standard InChI is InChI=1S/C38H58O8Si/c1-11-47(12-2,13-3)46-27-22-38-32(42-33(45-38)26-18-15-14-16-19-26)30-36(10,20-17-21-37(30,40)23-41-25(5)39)31-29(43-35(8,9)44-31)28(24(27)4)34(38,6)7/h14-16,18-19,27,29-33,40H,11-13,17,20-23H2,1-10H3/t27-,29+,30-,31-,32-,33-,36+,37+,38+/m0/s1. The average molecular weight is 671 g/mol. The van der Waals surface area contributed by atoms with Crippen LogP contribution in [0.15, 0.2) is 41.5 Å². The van der Waals surface area contributed by atoms with Crippen LogP contribution in [-0.4, -0.2) is 67.4 Å². The maximum absolute atomic E-state index is 12.9. The molecule has 5 aliphatic rings. The second-order valence-electron chi connectivity index (χ2n) is 16.3. The van der Waals surface area contributed by atoms with E-state index < -0.39 is 60.4 Å². The number of benzene rings is 1. The van der Waals surface area contributed by atoms with Crippen molar-refractivity contribution < 1.29 is 38.0 Å². The van der Waals surface area contributed by atoms with Crippen LogP contribution < -0.4 is 0 Å². The van der Waals surface area contributed by atoms with Gasteiger partial charge in [0.1, 0.15) is 23.9 Å². The Morgan fingerprint density at radius 2 is 1.62 bits per heavy atom. The summed E-state index contributed by atoms with van der Waals surface area (Å²) >= 11 is 0. The number of hydrogen-bond acceptors (Lipinski definition) is 8. The minimum Gasteiger partial charge on any atom is -0.463 e. The first kappa shape index (κ1) is 35.2. The summed E-state index contributed by atoms with van der Waals surface area (Å²) in [5, 5.41) is 12.9.